The Balaban J connectivity index is 1.83. The van der Waals surface area contributed by atoms with Crippen LogP contribution in [0.2, 0.25) is 0 Å². The van der Waals surface area contributed by atoms with Crippen molar-refractivity contribution >= 4 is 16.9 Å². The molecule has 5 rings (SSSR count). The summed E-state index contributed by atoms with van der Waals surface area (Å²) in [6.07, 6.45) is 0.0535. The van der Waals surface area contributed by atoms with Crippen LogP contribution in [0.15, 0.2) is 23.0 Å². The van der Waals surface area contributed by atoms with E-state index in [0.29, 0.717) is 33.4 Å². The molecule has 0 unspecified atom stereocenters. The standard InChI is InChI=1S/C25H21FN2O5/c1-4-25(31)18-9-21-22-16(11-28(21)23(29)17(18)12-33-24(25)30)14(6-5-7-32-3)15-8-13(2)19(26)10-20(15)27-22/h8-10,31H,4,7,11-12H2,1-3H3/t25-/m0/s1. The molecule has 0 aliphatic carbocycles. The third-order valence-corrected chi connectivity index (χ3v) is 6.40. The van der Waals surface area contributed by atoms with Gasteiger partial charge in [-0.05, 0) is 31.0 Å². The molecule has 1 atom stereocenters. The van der Waals surface area contributed by atoms with Gasteiger partial charge in [0.2, 0.25) is 0 Å². The molecular weight excluding hydrogens is 427 g/mol. The van der Waals surface area contributed by atoms with E-state index in [0.717, 1.165) is 5.56 Å². The molecule has 4 heterocycles. The van der Waals surface area contributed by atoms with Gasteiger partial charge in [-0.15, -0.1) is 0 Å². The average Bonchev–Trinajstić information content (AvgIpc) is 3.16. The van der Waals surface area contributed by atoms with Gasteiger partial charge in [-0.3, -0.25) is 4.79 Å². The molecule has 8 heteroatoms. The summed E-state index contributed by atoms with van der Waals surface area (Å²) in [7, 11) is 1.54. The maximum Gasteiger partial charge on any atom is 0.343 e. The fourth-order valence-corrected chi connectivity index (χ4v) is 4.55. The van der Waals surface area contributed by atoms with E-state index in [1.807, 2.05) is 0 Å². The van der Waals surface area contributed by atoms with Crippen LogP contribution in [0.5, 0.6) is 0 Å². The zero-order chi connectivity index (χ0) is 23.5. The van der Waals surface area contributed by atoms with Crippen molar-refractivity contribution in [1.29, 1.82) is 0 Å². The molecule has 2 aliphatic rings. The van der Waals surface area contributed by atoms with Gasteiger partial charge < -0.3 is 19.1 Å². The van der Waals surface area contributed by atoms with Crippen LogP contribution < -0.4 is 5.56 Å². The van der Waals surface area contributed by atoms with Crippen LogP contribution in [-0.4, -0.2) is 34.3 Å². The molecule has 0 fully saturated rings. The summed E-state index contributed by atoms with van der Waals surface area (Å²) in [6.45, 7) is 3.54. The van der Waals surface area contributed by atoms with E-state index in [2.05, 4.69) is 16.8 Å². The van der Waals surface area contributed by atoms with Crippen molar-refractivity contribution in [1.82, 2.24) is 9.55 Å². The minimum absolute atomic E-state index is 0.0535. The van der Waals surface area contributed by atoms with Gasteiger partial charge in [0.1, 0.15) is 19.0 Å². The van der Waals surface area contributed by atoms with Gasteiger partial charge in [-0.2, -0.15) is 0 Å². The number of hydrogen-bond donors (Lipinski definition) is 1. The summed E-state index contributed by atoms with van der Waals surface area (Å²) in [5, 5.41) is 11.7. The maximum absolute atomic E-state index is 14.4. The van der Waals surface area contributed by atoms with E-state index in [-0.39, 0.29) is 42.9 Å². The Kier molecular flexibility index (Phi) is 4.85. The lowest BCUT2D eigenvalue weighted by Gasteiger charge is -2.31. The van der Waals surface area contributed by atoms with Gasteiger partial charge in [0, 0.05) is 35.3 Å². The number of pyridine rings is 2. The number of ether oxygens (including phenoxy) is 2. The van der Waals surface area contributed by atoms with Crippen LogP contribution in [0, 0.1) is 24.6 Å². The van der Waals surface area contributed by atoms with Crippen molar-refractivity contribution in [2.75, 3.05) is 13.7 Å². The van der Waals surface area contributed by atoms with Crippen molar-refractivity contribution in [2.45, 2.75) is 39.0 Å². The Morgan fingerprint density at radius 3 is 2.82 bits per heavy atom. The molecule has 0 spiro atoms. The normalized spacial score (nSPS) is 18.3. The Bertz CT molecular complexity index is 1480. The van der Waals surface area contributed by atoms with Crippen LogP contribution in [0.25, 0.3) is 22.3 Å². The number of benzene rings is 1. The van der Waals surface area contributed by atoms with Crippen molar-refractivity contribution in [3.05, 3.63) is 62.2 Å². The number of cyclic esters (lactones) is 1. The van der Waals surface area contributed by atoms with Gasteiger partial charge in [-0.1, -0.05) is 18.8 Å². The second-order valence-corrected chi connectivity index (χ2v) is 8.27. The molecule has 0 saturated carbocycles. The number of aryl methyl sites for hydroxylation is 1. The molecule has 0 saturated heterocycles. The molecule has 7 nitrogen and oxygen atoms in total. The topological polar surface area (TPSA) is 90.7 Å². The van der Waals surface area contributed by atoms with Crippen molar-refractivity contribution in [2.24, 2.45) is 0 Å². The molecule has 2 aliphatic heterocycles. The summed E-state index contributed by atoms with van der Waals surface area (Å²) >= 11 is 0. The highest BCUT2D eigenvalue weighted by Crippen LogP contribution is 2.40. The monoisotopic (exact) mass is 448 g/mol. The minimum atomic E-state index is -1.91. The van der Waals surface area contributed by atoms with Crippen molar-refractivity contribution in [3.8, 4) is 23.2 Å². The van der Waals surface area contributed by atoms with Gasteiger partial charge in [0.05, 0.1) is 29.0 Å². The van der Waals surface area contributed by atoms with Crippen LogP contribution in [0.1, 0.15) is 41.2 Å². The van der Waals surface area contributed by atoms with Crippen molar-refractivity contribution in [3.63, 3.8) is 0 Å². The first-order valence-electron chi connectivity index (χ1n) is 10.6. The van der Waals surface area contributed by atoms with E-state index < -0.39 is 17.4 Å². The van der Waals surface area contributed by atoms with Crippen LogP contribution in [0.3, 0.4) is 0 Å². The number of hydrogen-bond acceptors (Lipinski definition) is 6. The summed E-state index contributed by atoms with van der Waals surface area (Å²) in [5.74, 6) is 4.88. The van der Waals surface area contributed by atoms with Crippen LogP contribution in [-0.2, 0) is 33.0 Å². The van der Waals surface area contributed by atoms with Crippen molar-refractivity contribution < 1.29 is 23.8 Å². The van der Waals surface area contributed by atoms with E-state index in [1.54, 1.807) is 33.1 Å². The Labute approximate surface area is 188 Å². The zero-order valence-corrected chi connectivity index (χ0v) is 18.4. The smallest absolute Gasteiger partial charge is 0.343 e. The first kappa shape index (κ1) is 21.3. The number of aliphatic hydroxyl groups is 1. The van der Waals surface area contributed by atoms with E-state index in [4.69, 9.17) is 9.47 Å². The molecule has 33 heavy (non-hydrogen) atoms. The minimum Gasteiger partial charge on any atom is -0.458 e. The predicted molar refractivity (Wildman–Crippen MR) is 118 cm³/mol. The maximum atomic E-state index is 14.4. The van der Waals surface area contributed by atoms with Gasteiger partial charge >= 0.3 is 5.97 Å². The number of halogens is 1. The second kappa shape index (κ2) is 7.51. The number of fused-ring (bicyclic) bond motifs is 5. The van der Waals surface area contributed by atoms with E-state index >= 15 is 0 Å². The first-order valence-corrected chi connectivity index (χ1v) is 10.6. The summed E-state index contributed by atoms with van der Waals surface area (Å²) < 4.78 is 26.1. The van der Waals surface area contributed by atoms with Crippen LogP contribution >= 0.6 is 0 Å². The number of esters is 1. The quantitative estimate of drug-likeness (QED) is 0.374. The summed E-state index contributed by atoms with van der Waals surface area (Å²) in [5.41, 5.74) is 1.38. The number of aromatic nitrogens is 2. The van der Waals surface area contributed by atoms with Gasteiger partial charge in [0.15, 0.2) is 5.60 Å². The zero-order valence-electron chi connectivity index (χ0n) is 18.4. The molecule has 0 bridgehead atoms. The number of carbonyl (C=O) groups excluding carboxylic acids is 1. The molecule has 1 N–H and O–H groups in total. The molecule has 2 aromatic heterocycles. The summed E-state index contributed by atoms with van der Waals surface area (Å²) in [4.78, 5) is 30.4. The number of rotatable bonds is 2. The molecule has 168 valence electrons. The lowest BCUT2D eigenvalue weighted by atomic mass is 9.86. The number of nitrogens with zero attached hydrogens (tertiary/aromatic N) is 2. The first-order chi connectivity index (χ1) is 15.8. The Hall–Kier alpha value is -3.54. The molecule has 0 amide bonds. The fraction of sp³-hybridized carbons (Fsp3) is 0.320. The highest BCUT2D eigenvalue weighted by molar-refractivity contribution is 5.92. The largest absolute Gasteiger partial charge is 0.458 e. The van der Waals surface area contributed by atoms with Gasteiger partial charge in [-0.25, -0.2) is 14.2 Å². The average molecular weight is 448 g/mol. The van der Waals surface area contributed by atoms with Gasteiger partial charge in [0.25, 0.3) is 5.56 Å². The SMILES string of the molecule is CC[C@@]1(O)C(=O)OCc2c1cc1n(c2=O)Cc2c-1nc1cc(F)c(C)cc1c2C#CCOC. The molecule has 0 radical (unpaired) electrons. The highest BCUT2D eigenvalue weighted by atomic mass is 19.1. The number of carbonyl (C=O) groups is 1. The third kappa shape index (κ3) is 3.00. The van der Waals surface area contributed by atoms with E-state index in [9.17, 15) is 19.1 Å². The number of methoxy groups -OCH3 is 1. The molecule has 1 aromatic carbocycles. The second-order valence-electron chi connectivity index (χ2n) is 8.27. The van der Waals surface area contributed by atoms with E-state index in [1.165, 1.54) is 10.6 Å². The van der Waals surface area contributed by atoms with Crippen LogP contribution in [0.4, 0.5) is 4.39 Å². The summed E-state index contributed by atoms with van der Waals surface area (Å²) in [6, 6.07) is 4.68. The molecule has 3 aromatic rings. The Morgan fingerprint density at radius 1 is 1.30 bits per heavy atom. The Morgan fingerprint density at radius 2 is 2.09 bits per heavy atom. The lowest BCUT2D eigenvalue weighted by Crippen LogP contribution is -2.44. The third-order valence-electron chi connectivity index (χ3n) is 6.40. The molecular formula is C25H21FN2O5. The fourth-order valence-electron chi connectivity index (χ4n) is 4.55. The highest BCUT2D eigenvalue weighted by Gasteiger charge is 2.45. The lowest BCUT2D eigenvalue weighted by molar-refractivity contribution is -0.172. The predicted octanol–water partition coefficient (Wildman–Crippen LogP) is 2.53.